The Morgan fingerprint density at radius 1 is 1.03 bits per heavy atom. The van der Waals surface area contributed by atoms with Gasteiger partial charge in [0.05, 0.1) is 23.0 Å². The highest BCUT2D eigenvalue weighted by molar-refractivity contribution is 6.07. The summed E-state index contributed by atoms with van der Waals surface area (Å²) in [5, 5.41) is 15.2. The van der Waals surface area contributed by atoms with Gasteiger partial charge in [0.2, 0.25) is 0 Å². The van der Waals surface area contributed by atoms with Gasteiger partial charge >= 0.3 is 0 Å². The van der Waals surface area contributed by atoms with Gasteiger partial charge in [-0.2, -0.15) is 5.10 Å². The number of hydrogen-bond donors (Lipinski definition) is 2. The molecule has 1 amide bonds. The maximum atomic E-state index is 13.1. The van der Waals surface area contributed by atoms with Gasteiger partial charge in [-0.15, -0.1) is 0 Å². The average molecular weight is 453 g/mol. The fraction of sp³-hybridized carbons (Fsp3) is 0.179. The lowest BCUT2D eigenvalue weighted by atomic mass is 10.0. The molecule has 0 aliphatic heterocycles. The summed E-state index contributed by atoms with van der Waals surface area (Å²) in [6.45, 7) is 7.87. The molecule has 0 aliphatic carbocycles. The van der Waals surface area contributed by atoms with E-state index in [-0.39, 0.29) is 11.7 Å². The Bertz CT molecular complexity index is 1340. The number of phenols is 1. The molecule has 0 bridgehead atoms. The van der Waals surface area contributed by atoms with Gasteiger partial charge in [-0.3, -0.25) is 4.79 Å². The van der Waals surface area contributed by atoms with Gasteiger partial charge in [0.25, 0.3) is 5.91 Å². The molecule has 0 atom stereocenters. The summed E-state index contributed by atoms with van der Waals surface area (Å²) in [6.07, 6.45) is 1.45. The van der Waals surface area contributed by atoms with Crippen LogP contribution in [0.2, 0.25) is 0 Å². The third-order valence-electron chi connectivity index (χ3n) is 5.82. The molecule has 0 saturated carbocycles. The molecule has 6 heteroatoms. The largest absolute Gasteiger partial charge is 0.507 e. The predicted octanol–water partition coefficient (Wildman–Crippen LogP) is 5.53. The van der Waals surface area contributed by atoms with Crippen molar-refractivity contribution in [2.75, 3.05) is 18.0 Å². The number of benzene rings is 3. The van der Waals surface area contributed by atoms with Crippen molar-refractivity contribution in [1.82, 2.24) is 10.4 Å². The Morgan fingerprint density at radius 2 is 1.76 bits per heavy atom. The first-order valence-corrected chi connectivity index (χ1v) is 11.4. The van der Waals surface area contributed by atoms with Crippen LogP contribution in [0.3, 0.4) is 0 Å². The number of carbonyl (C=O) groups excluding carboxylic acids is 1. The van der Waals surface area contributed by atoms with Crippen molar-refractivity contribution < 1.29 is 9.90 Å². The number of carbonyl (C=O) groups is 1. The first-order chi connectivity index (χ1) is 16.5. The van der Waals surface area contributed by atoms with E-state index in [9.17, 15) is 9.90 Å². The second-order valence-corrected chi connectivity index (χ2v) is 8.05. The van der Waals surface area contributed by atoms with E-state index in [1.54, 1.807) is 18.2 Å². The quantitative estimate of drug-likeness (QED) is 0.286. The summed E-state index contributed by atoms with van der Waals surface area (Å²) in [4.78, 5) is 20.0. The molecule has 4 rings (SSSR count). The zero-order chi connectivity index (χ0) is 24.1. The number of para-hydroxylation sites is 1. The van der Waals surface area contributed by atoms with Gasteiger partial charge in [0.15, 0.2) is 0 Å². The fourth-order valence-electron chi connectivity index (χ4n) is 3.88. The molecule has 3 aromatic carbocycles. The molecule has 1 aromatic heterocycles. The minimum Gasteiger partial charge on any atom is -0.507 e. The Kier molecular flexibility index (Phi) is 6.87. The van der Waals surface area contributed by atoms with E-state index in [4.69, 9.17) is 4.98 Å². The Hall–Kier alpha value is -4.19. The van der Waals surface area contributed by atoms with Crippen LogP contribution in [-0.2, 0) is 0 Å². The van der Waals surface area contributed by atoms with E-state index in [1.807, 2.05) is 61.5 Å². The van der Waals surface area contributed by atoms with Crippen LogP contribution in [0, 0.1) is 6.92 Å². The maximum Gasteiger partial charge on any atom is 0.272 e. The number of rotatable bonds is 7. The van der Waals surface area contributed by atoms with Crippen molar-refractivity contribution in [2.24, 2.45) is 5.10 Å². The van der Waals surface area contributed by atoms with Gasteiger partial charge in [-0.05, 0) is 45.0 Å². The van der Waals surface area contributed by atoms with Crippen molar-refractivity contribution in [2.45, 2.75) is 20.8 Å². The van der Waals surface area contributed by atoms with Crippen LogP contribution in [0.4, 0.5) is 5.69 Å². The number of fused-ring (bicyclic) bond motifs is 1. The molecule has 0 aliphatic rings. The molecule has 4 aromatic rings. The Morgan fingerprint density at radius 3 is 2.47 bits per heavy atom. The first kappa shape index (κ1) is 23.0. The second kappa shape index (κ2) is 10.2. The number of aromatic nitrogens is 1. The zero-order valence-electron chi connectivity index (χ0n) is 19.6. The molecule has 6 nitrogen and oxygen atoms in total. The van der Waals surface area contributed by atoms with Crippen LogP contribution in [0.5, 0.6) is 5.75 Å². The van der Waals surface area contributed by atoms with E-state index in [2.05, 4.69) is 29.3 Å². The molecule has 2 N–H and O–H groups in total. The molecule has 0 unspecified atom stereocenters. The van der Waals surface area contributed by atoms with E-state index in [0.29, 0.717) is 11.1 Å². The minimum absolute atomic E-state index is 0.110. The summed E-state index contributed by atoms with van der Waals surface area (Å²) in [6, 6.07) is 22.8. The standard InChI is InChI=1S/C28H28N4O2/c1-4-32(5-2)22-15-14-21(27(33)16-22)18-29-31-28(34)24-17-26(20-12-10-19(3)11-13-20)30-25-9-7-6-8-23(24)25/h6-18,33H,4-5H2,1-3H3,(H,31,34). The number of phenolic OH excluding ortho intramolecular Hbond substituents is 1. The maximum absolute atomic E-state index is 13.1. The topological polar surface area (TPSA) is 77.8 Å². The number of hydrazone groups is 1. The molecular formula is C28H28N4O2. The van der Waals surface area contributed by atoms with Gasteiger partial charge < -0.3 is 10.0 Å². The molecule has 0 fully saturated rings. The predicted molar refractivity (Wildman–Crippen MR) is 139 cm³/mol. The SMILES string of the molecule is CCN(CC)c1ccc(C=NNC(=O)c2cc(-c3ccc(C)cc3)nc3ccccc23)c(O)c1. The van der Waals surface area contributed by atoms with Crippen molar-refractivity contribution in [3.8, 4) is 17.0 Å². The molecule has 0 saturated heterocycles. The molecule has 1 heterocycles. The normalized spacial score (nSPS) is 11.1. The summed E-state index contributed by atoms with van der Waals surface area (Å²) in [5.41, 5.74) is 8.10. The van der Waals surface area contributed by atoms with Crippen LogP contribution < -0.4 is 10.3 Å². The van der Waals surface area contributed by atoms with E-state index in [0.717, 1.165) is 46.5 Å². The van der Waals surface area contributed by atoms with E-state index < -0.39 is 0 Å². The van der Waals surface area contributed by atoms with Crippen molar-refractivity contribution in [3.05, 3.63) is 89.5 Å². The molecular weight excluding hydrogens is 424 g/mol. The minimum atomic E-state index is -0.345. The Labute approximate surface area is 199 Å². The highest BCUT2D eigenvalue weighted by Crippen LogP contribution is 2.26. The smallest absolute Gasteiger partial charge is 0.272 e. The highest BCUT2D eigenvalue weighted by Gasteiger charge is 2.14. The summed E-state index contributed by atoms with van der Waals surface area (Å²) in [7, 11) is 0. The van der Waals surface area contributed by atoms with E-state index >= 15 is 0 Å². The number of nitrogens with one attached hydrogen (secondary N) is 1. The number of anilines is 1. The number of nitrogens with zero attached hydrogens (tertiary/aromatic N) is 3. The van der Waals surface area contributed by atoms with Crippen LogP contribution in [0.1, 0.15) is 35.3 Å². The summed E-state index contributed by atoms with van der Waals surface area (Å²) >= 11 is 0. The van der Waals surface area contributed by atoms with Gasteiger partial charge in [-0.25, -0.2) is 10.4 Å². The van der Waals surface area contributed by atoms with E-state index in [1.165, 1.54) is 6.21 Å². The second-order valence-electron chi connectivity index (χ2n) is 8.05. The molecule has 0 radical (unpaired) electrons. The van der Waals surface area contributed by atoms with Crippen molar-refractivity contribution >= 4 is 28.7 Å². The van der Waals surface area contributed by atoms with Crippen molar-refractivity contribution in [3.63, 3.8) is 0 Å². The lowest BCUT2D eigenvalue weighted by molar-refractivity contribution is 0.0956. The molecule has 34 heavy (non-hydrogen) atoms. The number of aromatic hydroxyl groups is 1. The average Bonchev–Trinajstić information content (AvgIpc) is 2.85. The van der Waals surface area contributed by atoms with Crippen LogP contribution in [0.15, 0.2) is 77.9 Å². The number of pyridine rings is 1. The first-order valence-electron chi connectivity index (χ1n) is 11.4. The number of aryl methyl sites for hydroxylation is 1. The third kappa shape index (κ3) is 4.91. The molecule has 172 valence electrons. The van der Waals surface area contributed by atoms with Crippen LogP contribution in [-0.4, -0.2) is 35.3 Å². The fourth-order valence-corrected chi connectivity index (χ4v) is 3.88. The van der Waals surface area contributed by atoms with Gasteiger partial charge in [0.1, 0.15) is 5.75 Å². The lowest BCUT2D eigenvalue weighted by Crippen LogP contribution is -2.21. The molecule has 0 spiro atoms. The van der Waals surface area contributed by atoms with Gasteiger partial charge in [-0.1, -0.05) is 48.0 Å². The Balaban J connectivity index is 1.59. The summed E-state index contributed by atoms with van der Waals surface area (Å²) < 4.78 is 0. The van der Waals surface area contributed by atoms with Crippen molar-refractivity contribution in [1.29, 1.82) is 0 Å². The van der Waals surface area contributed by atoms with Gasteiger partial charge in [0, 0.05) is 41.4 Å². The third-order valence-corrected chi connectivity index (χ3v) is 5.82. The monoisotopic (exact) mass is 452 g/mol. The van der Waals surface area contributed by atoms with Crippen LogP contribution in [0.25, 0.3) is 22.2 Å². The number of hydrogen-bond acceptors (Lipinski definition) is 5. The zero-order valence-corrected chi connectivity index (χ0v) is 19.6. The highest BCUT2D eigenvalue weighted by atomic mass is 16.3. The number of amides is 1. The lowest BCUT2D eigenvalue weighted by Gasteiger charge is -2.21. The van der Waals surface area contributed by atoms with Crippen LogP contribution >= 0.6 is 0 Å². The summed E-state index contributed by atoms with van der Waals surface area (Å²) in [5.74, 6) is -0.235.